The van der Waals surface area contributed by atoms with Crippen molar-refractivity contribution in [3.05, 3.63) is 46.7 Å². The third-order valence-electron chi connectivity index (χ3n) is 2.24. The molecule has 1 aromatic carbocycles. The maximum absolute atomic E-state index is 11.9. The number of thiophene rings is 1. The number of benzene rings is 1. The summed E-state index contributed by atoms with van der Waals surface area (Å²) in [5.74, 6) is 0. The highest BCUT2D eigenvalue weighted by molar-refractivity contribution is 7.89. The van der Waals surface area contributed by atoms with E-state index in [-0.39, 0.29) is 4.90 Å². The van der Waals surface area contributed by atoms with Crippen LogP contribution in [0.5, 0.6) is 0 Å². The van der Waals surface area contributed by atoms with Crippen molar-refractivity contribution < 1.29 is 8.42 Å². The zero-order valence-electron chi connectivity index (χ0n) is 8.96. The lowest BCUT2D eigenvalue weighted by atomic mass is 10.3. The standard InChI is InChI=1S/C11H12N2O2S2/c12-10-1-3-11(4-2-10)17(14,15)13-7-9-5-6-16-8-9/h1-6,8,13H,7,12H2. The number of sulfonamides is 1. The van der Waals surface area contributed by atoms with Crippen LogP contribution in [0.4, 0.5) is 5.69 Å². The average molecular weight is 268 g/mol. The van der Waals surface area contributed by atoms with E-state index in [1.807, 2.05) is 16.8 Å². The van der Waals surface area contributed by atoms with E-state index in [4.69, 9.17) is 5.73 Å². The number of rotatable bonds is 4. The summed E-state index contributed by atoms with van der Waals surface area (Å²) in [6.45, 7) is 0.302. The Morgan fingerprint density at radius 1 is 1.18 bits per heavy atom. The lowest BCUT2D eigenvalue weighted by Gasteiger charge is -2.05. The molecule has 0 atom stereocenters. The zero-order chi connectivity index (χ0) is 12.3. The molecular weight excluding hydrogens is 256 g/mol. The summed E-state index contributed by atoms with van der Waals surface area (Å²) in [6.07, 6.45) is 0. The highest BCUT2D eigenvalue weighted by atomic mass is 32.2. The van der Waals surface area contributed by atoms with E-state index in [1.165, 1.54) is 23.5 Å². The van der Waals surface area contributed by atoms with Crippen molar-refractivity contribution in [1.82, 2.24) is 4.72 Å². The minimum atomic E-state index is -3.45. The van der Waals surface area contributed by atoms with E-state index in [0.717, 1.165) is 5.56 Å². The van der Waals surface area contributed by atoms with Crippen molar-refractivity contribution >= 4 is 27.0 Å². The Morgan fingerprint density at radius 2 is 1.88 bits per heavy atom. The summed E-state index contributed by atoms with van der Waals surface area (Å²) < 4.78 is 26.3. The first-order chi connectivity index (χ1) is 8.08. The first-order valence-electron chi connectivity index (χ1n) is 4.94. The fraction of sp³-hybridized carbons (Fsp3) is 0.0909. The molecule has 0 fully saturated rings. The molecule has 2 rings (SSSR count). The molecule has 90 valence electrons. The molecule has 0 radical (unpaired) electrons. The minimum absolute atomic E-state index is 0.224. The highest BCUT2D eigenvalue weighted by Crippen LogP contribution is 2.12. The molecule has 2 aromatic rings. The fourth-order valence-electron chi connectivity index (χ4n) is 1.30. The molecule has 3 N–H and O–H groups in total. The van der Waals surface area contributed by atoms with Crippen LogP contribution in [-0.2, 0) is 16.6 Å². The molecule has 0 unspecified atom stereocenters. The molecule has 4 nitrogen and oxygen atoms in total. The fourth-order valence-corrected chi connectivity index (χ4v) is 2.99. The van der Waals surface area contributed by atoms with E-state index in [0.29, 0.717) is 12.2 Å². The van der Waals surface area contributed by atoms with Gasteiger partial charge < -0.3 is 5.73 Å². The lowest BCUT2D eigenvalue weighted by Crippen LogP contribution is -2.22. The van der Waals surface area contributed by atoms with Gasteiger partial charge in [-0.05, 0) is 46.7 Å². The lowest BCUT2D eigenvalue weighted by molar-refractivity contribution is 0.581. The maximum atomic E-state index is 11.9. The van der Waals surface area contributed by atoms with Crippen molar-refractivity contribution in [3.63, 3.8) is 0 Å². The van der Waals surface area contributed by atoms with Crippen molar-refractivity contribution in [2.75, 3.05) is 5.73 Å². The van der Waals surface area contributed by atoms with E-state index >= 15 is 0 Å². The molecule has 0 spiro atoms. The second kappa shape index (κ2) is 4.87. The van der Waals surface area contributed by atoms with E-state index < -0.39 is 10.0 Å². The molecule has 0 saturated carbocycles. The number of anilines is 1. The first-order valence-corrected chi connectivity index (χ1v) is 7.37. The van der Waals surface area contributed by atoms with Gasteiger partial charge in [-0.2, -0.15) is 11.3 Å². The molecule has 0 aliphatic carbocycles. The van der Waals surface area contributed by atoms with Crippen LogP contribution in [0.3, 0.4) is 0 Å². The highest BCUT2D eigenvalue weighted by Gasteiger charge is 2.12. The van der Waals surface area contributed by atoms with Gasteiger partial charge in [0.2, 0.25) is 10.0 Å². The first kappa shape index (κ1) is 12.1. The van der Waals surface area contributed by atoms with E-state index in [2.05, 4.69) is 4.72 Å². The van der Waals surface area contributed by atoms with Gasteiger partial charge in [-0.15, -0.1) is 0 Å². The van der Waals surface area contributed by atoms with Crippen LogP contribution in [0, 0.1) is 0 Å². The van der Waals surface area contributed by atoms with Crippen molar-refractivity contribution in [3.8, 4) is 0 Å². The Morgan fingerprint density at radius 3 is 2.47 bits per heavy atom. The van der Waals surface area contributed by atoms with Gasteiger partial charge in [0.15, 0.2) is 0 Å². The maximum Gasteiger partial charge on any atom is 0.240 e. The number of hydrogen-bond donors (Lipinski definition) is 2. The summed E-state index contributed by atoms with van der Waals surface area (Å²) in [5, 5.41) is 3.82. The average Bonchev–Trinajstić information content (AvgIpc) is 2.80. The number of nitrogens with two attached hydrogens (primary N) is 1. The molecule has 1 heterocycles. The van der Waals surface area contributed by atoms with Gasteiger partial charge in [-0.25, -0.2) is 13.1 Å². The van der Waals surface area contributed by atoms with E-state index in [9.17, 15) is 8.42 Å². The van der Waals surface area contributed by atoms with Gasteiger partial charge >= 0.3 is 0 Å². The molecule has 0 aliphatic heterocycles. The second-order valence-corrected chi connectivity index (χ2v) is 6.07. The molecule has 0 aliphatic rings. The third-order valence-corrected chi connectivity index (χ3v) is 4.39. The Hall–Kier alpha value is -1.37. The summed E-state index contributed by atoms with van der Waals surface area (Å²) in [7, 11) is -3.45. The van der Waals surface area contributed by atoms with Crippen LogP contribution in [0.1, 0.15) is 5.56 Å². The summed E-state index contributed by atoms with van der Waals surface area (Å²) in [6, 6.07) is 8.01. The van der Waals surface area contributed by atoms with Gasteiger partial charge in [0.1, 0.15) is 0 Å². The SMILES string of the molecule is Nc1ccc(S(=O)(=O)NCc2ccsc2)cc1. The van der Waals surface area contributed by atoms with Gasteiger partial charge in [0.05, 0.1) is 4.90 Å². The quantitative estimate of drug-likeness (QED) is 0.831. The van der Waals surface area contributed by atoms with Crippen LogP contribution in [0.15, 0.2) is 46.0 Å². The number of hydrogen-bond acceptors (Lipinski definition) is 4. The van der Waals surface area contributed by atoms with Gasteiger partial charge in [0.25, 0.3) is 0 Å². The Labute approximate surface area is 104 Å². The van der Waals surface area contributed by atoms with Crippen LogP contribution in [0.25, 0.3) is 0 Å². The molecule has 0 saturated heterocycles. The second-order valence-electron chi connectivity index (χ2n) is 3.53. The summed E-state index contributed by atoms with van der Waals surface area (Å²) >= 11 is 1.54. The topological polar surface area (TPSA) is 72.2 Å². The molecule has 0 bridgehead atoms. The normalized spacial score (nSPS) is 11.5. The molecular formula is C11H12N2O2S2. The summed E-state index contributed by atoms with van der Waals surface area (Å²) in [5.41, 5.74) is 7.00. The molecule has 1 aromatic heterocycles. The molecule has 0 amide bonds. The monoisotopic (exact) mass is 268 g/mol. The third kappa shape index (κ3) is 3.06. The van der Waals surface area contributed by atoms with Crippen LogP contribution >= 0.6 is 11.3 Å². The minimum Gasteiger partial charge on any atom is -0.399 e. The zero-order valence-corrected chi connectivity index (χ0v) is 10.6. The van der Waals surface area contributed by atoms with Crippen LogP contribution in [-0.4, -0.2) is 8.42 Å². The van der Waals surface area contributed by atoms with Crippen LogP contribution in [0.2, 0.25) is 0 Å². The largest absolute Gasteiger partial charge is 0.399 e. The Kier molecular flexibility index (Phi) is 3.46. The van der Waals surface area contributed by atoms with Crippen LogP contribution < -0.4 is 10.5 Å². The molecule has 6 heteroatoms. The van der Waals surface area contributed by atoms with E-state index in [1.54, 1.807) is 12.1 Å². The predicted molar refractivity (Wildman–Crippen MR) is 69.2 cm³/mol. The summed E-state index contributed by atoms with van der Waals surface area (Å²) in [4.78, 5) is 0.224. The van der Waals surface area contributed by atoms with Crippen molar-refractivity contribution in [2.24, 2.45) is 0 Å². The van der Waals surface area contributed by atoms with Crippen molar-refractivity contribution in [1.29, 1.82) is 0 Å². The Balaban J connectivity index is 2.11. The van der Waals surface area contributed by atoms with Gasteiger partial charge in [0, 0.05) is 12.2 Å². The van der Waals surface area contributed by atoms with Gasteiger partial charge in [-0.1, -0.05) is 0 Å². The van der Waals surface area contributed by atoms with Crippen molar-refractivity contribution in [2.45, 2.75) is 11.4 Å². The predicted octanol–water partition coefficient (Wildman–Crippen LogP) is 1.81. The smallest absolute Gasteiger partial charge is 0.240 e. The van der Waals surface area contributed by atoms with Gasteiger partial charge in [-0.3, -0.25) is 0 Å². The Bertz CT molecular complexity index is 574. The number of nitrogen functional groups attached to an aromatic ring is 1. The molecule has 17 heavy (non-hydrogen) atoms. The number of nitrogens with one attached hydrogen (secondary N) is 1.